The Kier molecular flexibility index (Phi) is 6.94. The quantitative estimate of drug-likeness (QED) is 0.453. The van der Waals surface area contributed by atoms with Crippen LogP contribution in [0.2, 0.25) is 0 Å². The van der Waals surface area contributed by atoms with Crippen molar-refractivity contribution in [2.45, 2.75) is 6.42 Å². The summed E-state index contributed by atoms with van der Waals surface area (Å²) in [6.07, 6.45) is -0.446. The van der Waals surface area contributed by atoms with Gasteiger partial charge in [-0.1, -0.05) is 0 Å². The Labute approximate surface area is 85.6 Å². The molecule has 0 aliphatic heterocycles. The molecule has 0 aromatic carbocycles. The molecule has 13 heavy (non-hydrogen) atoms. The molecule has 68 valence electrons. The second kappa shape index (κ2) is 6.31. The molecule has 0 atom stereocenters. The molecule has 0 aliphatic rings. The second-order valence-electron chi connectivity index (χ2n) is 1.88. The summed E-state index contributed by atoms with van der Waals surface area (Å²) in [6.45, 7) is 0. The number of aliphatic carboxylic acids is 3. The van der Waals surface area contributed by atoms with Crippen LogP contribution < -0.4 is 0 Å². The van der Waals surface area contributed by atoms with E-state index in [-0.39, 0.29) is 19.5 Å². The molecule has 3 N–H and O–H groups in total. The van der Waals surface area contributed by atoms with Gasteiger partial charge in [0.15, 0.2) is 0 Å². The Morgan fingerprint density at radius 2 is 1.54 bits per heavy atom. The van der Waals surface area contributed by atoms with Crippen LogP contribution in [-0.4, -0.2) is 33.2 Å². The van der Waals surface area contributed by atoms with Crippen molar-refractivity contribution in [1.82, 2.24) is 0 Å². The molecule has 0 amide bonds. The molecule has 0 saturated carbocycles. The number of rotatable bonds is 4. The van der Waals surface area contributed by atoms with Crippen molar-refractivity contribution in [3.05, 3.63) is 11.6 Å². The number of hydrogen-bond acceptors (Lipinski definition) is 3. The Hall–Kier alpha value is -1.23. The Balaban J connectivity index is 0. The average molecular weight is 239 g/mol. The fraction of sp³-hybridized carbons (Fsp3) is 0.167. The maximum atomic E-state index is 10.2. The topological polar surface area (TPSA) is 112 Å². The molecule has 0 saturated heterocycles. The van der Waals surface area contributed by atoms with Crippen LogP contribution in [0.1, 0.15) is 6.42 Å². The van der Waals surface area contributed by atoms with E-state index in [9.17, 15) is 14.4 Å². The molecular formula is C6H6O6Zn. The maximum absolute atomic E-state index is 10.2. The molecule has 0 bridgehead atoms. The molecule has 0 rings (SSSR count). The van der Waals surface area contributed by atoms with Crippen LogP contribution in [0.3, 0.4) is 0 Å². The summed E-state index contributed by atoms with van der Waals surface area (Å²) in [6, 6.07) is 0. The molecule has 7 heteroatoms. The van der Waals surface area contributed by atoms with Crippen molar-refractivity contribution in [3.8, 4) is 0 Å². The zero-order valence-corrected chi connectivity index (χ0v) is 9.53. The van der Waals surface area contributed by atoms with Crippen LogP contribution in [0.15, 0.2) is 11.6 Å². The molecule has 0 spiro atoms. The van der Waals surface area contributed by atoms with E-state index in [1.54, 1.807) is 0 Å². The zero-order chi connectivity index (χ0) is 9.72. The summed E-state index contributed by atoms with van der Waals surface area (Å²) >= 11 is 0. The maximum Gasteiger partial charge on any atom is 0.332 e. The third-order valence-corrected chi connectivity index (χ3v) is 0.914. The van der Waals surface area contributed by atoms with Crippen molar-refractivity contribution in [2.24, 2.45) is 0 Å². The number of hydrogen-bond donors (Lipinski definition) is 3. The third kappa shape index (κ3) is 7.14. The van der Waals surface area contributed by atoms with Crippen molar-refractivity contribution in [3.63, 3.8) is 0 Å². The average Bonchev–Trinajstić information content (AvgIpc) is 1.83. The number of carboxylic acid groups (broad SMARTS) is 3. The summed E-state index contributed by atoms with van der Waals surface area (Å²) < 4.78 is 0. The van der Waals surface area contributed by atoms with E-state index in [1.165, 1.54) is 0 Å². The zero-order valence-electron chi connectivity index (χ0n) is 6.56. The predicted octanol–water partition coefficient (Wildman–Crippen LogP) is -0.446. The van der Waals surface area contributed by atoms with Gasteiger partial charge in [0.05, 0.1) is 12.0 Å². The van der Waals surface area contributed by atoms with E-state index in [2.05, 4.69) is 0 Å². The van der Waals surface area contributed by atoms with E-state index in [0.29, 0.717) is 6.08 Å². The van der Waals surface area contributed by atoms with Crippen LogP contribution >= 0.6 is 0 Å². The van der Waals surface area contributed by atoms with Crippen LogP contribution in [-0.2, 0) is 33.9 Å². The molecule has 0 fully saturated rings. The fourth-order valence-electron chi connectivity index (χ4n) is 0.500. The van der Waals surface area contributed by atoms with Gasteiger partial charge in [-0.3, -0.25) is 4.79 Å². The normalized spacial score (nSPS) is 10.0. The summed E-state index contributed by atoms with van der Waals surface area (Å²) in [5.74, 6) is -4.40. The standard InChI is InChI=1S/C6H6O6.Zn/c7-4(8)1-3(6(11)12)2-5(9)10;/h1H,2H2,(H,7,8)(H,9,10)(H,11,12);. The molecule has 0 aromatic rings. The third-order valence-electron chi connectivity index (χ3n) is 0.914. The van der Waals surface area contributed by atoms with E-state index in [4.69, 9.17) is 15.3 Å². The van der Waals surface area contributed by atoms with Crippen LogP contribution in [0.5, 0.6) is 0 Å². The molecule has 0 heterocycles. The smallest absolute Gasteiger partial charge is 0.332 e. The molecule has 0 aromatic heterocycles. The van der Waals surface area contributed by atoms with Crippen LogP contribution in [0.4, 0.5) is 0 Å². The Morgan fingerprint density at radius 1 is 1.08 bits per heavy atom. The van der Waals surface area contributed by atoms with Gasteiger partial charge < -0.3 is 15.3 Å². The van der Waals surface area contributed by atoms with Gasteiger partial charge in [-0.25, -0.2) is 9.59 Å². The van der Waals surface area contributed by atoms with Gasteiger partial charge >= 0.3 is 17.9 Å². The van der Waals surface area contributed by atoms with Crippen molar-refractivity contribution in [1.29, 1.82) is 0 Å². The van der Waals surface area contributed by atoms with Crippen molar-refractivity contribution >= 4 is 17.9 Å². The minimum Gasteiger partial charge on any atom is -0.481 e. The molecular weight excluding hydrogens is 233 g/mol. The number of carboxylic acids is 3. The molecule has 0 unspecified atom stereocenters. The minimum absolute atomic E-state index is 0. The van der Waals surface area contributed by atoms with Gasteiger partial charge in [-0.05, 0) is 0 Å². The second-order valence-corrected chi connectivity index (χ2v) is 1.88. The van der Waals surface area contributed by atoms with Gasteiger partial charge in [0, 0.05) is 25.6 Å². The monoisotopic (exact) mass is 238 g/mol. The Bertz CT molecular complexity index is 256. The first-order valence-corrected chi connectivity index (χ1v) is 2.82. The summed E-state index contributed by atoms with van der Waals surface area (Å²) in [7, 11) is 0. The first-order chi connectivity index (χ1) is 5.43. The van der Waals surface area contributed by atoms with E-state index < -0.39 is 29.9 Å². The van der Waals surface area contributed by atoms with Crippen LogP contribution in [0, 0.1) is 0 Å². The van der Waals surface area contributed by atoms with E-state index >= 15 is 0 Å². The van der Waals surface area contributed by atoms with Crippen molar-refractivity contribution in [2.75, 3.05) is 0 Å². The van der Waals surface area contributed by atoms with Gasteiger partial charge in [0.25, 0.3) is 0 Å². The summed E-state index contributed by atoms with van der Waals surface area (Å²) in [5, 5.41) is 24.5. The summed E-state index contributed by atoms with van der Waals surface area (Å²) in [4.78, 5) is 30.1. The molecule has 0 aliphatic carbocycles. The SMILES string of the molecule is O=C(O)C=C(CC(=O)O)C(=O)O.[Zn]. The largest absolute Gasteiger partial charge is 0.481 e. The van der Waals surface area contributed by atoms with E-state index in [1.807, 2.05) is 0 Å². The van der Waals surface area contributed by atoms with Crippen LogP contribution in [0.25, 0.3) is 0 Å². The van der Waals surface area contributed by atoms with Gasteiger partial charge in [-0.2, -0.15) is 0 Å². The van der Waals surface area contributed by atoms with E-state index in [0.717, 1.165) is 0 Å². The van der Waals surface area contributed by atoms with Crippen molar-refractivity contribution < 1.29 is 49.2 Å². The van der Waals surface area contributed by atoms with Gasteiger partial charge in [-0.15, -0.1) is 0 Å². The molecule has 6 nitrogen and oxygen atoms in total. The van der Waals surface area contributed by atoms with Gasteiger partial charge in [0.1, 0.15) is 0 Å². The first-order valence-electron chi connectivity index (χ1n) is 2.82. The van der Waals surface area contributed by atoms with Gasteiger partial charge in [0.2, 0.25) is 0 Å². The number of carbonyl (C=O) groups is 3. The minimum atomic E-state index is -1.54. The molecule has 0 radical (unpaired) electrons. The first kappa shape index (κ1) is 14.3. The summed E-state index contributed by atoms with van der Waals surface area (Å²) in [5.41, 5.74) is -0.657. The Morgan fingerprint density at radius 3 is 1.77 bits per heavy atom. The fourth-order valence-corrected chi connectivity index (χ4v) is 0.500. The predicted molar refractivity (Wildman–Crippen MR) is 35.6 cm³/mol.